The van der Waals surface area contributed by atoms with Crippen molar-refractivity contribution in [2.24, 2.45) is 10.7 Å². The first-order chi connectivity index (χ1) is 14.4. The molecule has 0 aliphatic carbocycles. The number of Topliss-reactive ketones (excluding diaryl/α,β-unsaturated/α-hetero) is 1. The van der Waals surface area contributed by atoms with Crippen LogP contribution in [0.1, 0.15) is 45.4 Å². The van der Waals surface area contributed by atoms with E-state index in [1.165, 1.54) is 18.3 Å². The minimum atomic E-state index is -0.929. The number of nitrogens with two attached hydrogens (primary N) is 1. The summed E-state index contributed by atoms with van der Waals surface area (Å²) in [6.45, 7) is 1.81. The number of hydrogen-bond donors (Lipinski definition) is 1. The lowest BCUT2D eigenvalue weighted by Crippen LogP contribution is -2.34. The van der Waals surface area contributed by atoms with Gasteiger partial charge in [0.15, 0.2) is 5.78 Å². The average molecular weight is 399 g/mol. The molecule has 3 heterocycles. The summed E-state index contributed by atoms with van der Waals surface area (Å²) in [4.78, 5) is 25.6. The first-order valence-electron chi connectivity index (χ1n) is 9.37. The lowest BCUT2D eigenvalue weighted by Gasteiger charge is -2.31. The van der Waals surface area contributed by atoms with Gasteiger partial charge in [-0.05, 0) is 48.9 Å². The number of halogens is 1. The van der Waals surface area contributed by atoms with E-state index in [0.29, 0.717) is 28.9 Å². The first-order valence-corrected chi connectivity index (χ1v) is 9.37. The van der Waals surface area contributed by atoms with Crippen molar-refractivity contribution in [1.82, 2.24) is 9.97 Å². The lowest BCUT2D eigenvalue weighted by atomic mass is 9.83. The summed E-state index contributed by atoms with van der Waals surface area (Å²) in [6.07, 6.45) is 3.48. The largest absolute Gasteiger partial charge is 0.383 e. The third kappa shape index (κ3) is 3.55. The van der Waals surface area contributed by atoms with Gasteiger partial charge in [-0.1, -0.05) is 6.07 Å². The Labute approximate surface area is 172 Å². The van der Waals surface area contributed by atoms with E-state index in [-0.39, 0.29) is 17.9 Å². The molecule has 4 rings (SSSR count). The van der Waals surface area contributed by atoms with Crippen molar-refractivity contribution in [3.05, 3.63) is 94.3 Å². The predicted octanol–water partition coefficient (Wildman–Crippen LogP) is 3.09. The van der Waals surface area contributed by atoms with Crippen LogP contribution in [0.3, 0.4) is 0 Å². The Kier molecular flexibility index (Phi) is 4.84. The zero-order valence-electron chi connectivity index (χ0n) is 16.3. The van der Waals surface area contributed by atoms with Crippen LogP contribution in [0.25, 0.3) is 0 Å². The highest BCUT2D eigenvalue weighted by molar-refractivity contribution is 5.99. The van der Waals surface area contributed by atoms with Gasteiger partial charge in [0.1, 0.15) is 23.4 Å². The summed E-state index contributed by atoms with van der Waals surface area (Å²) in [6, 6.07) is 13.2. The molecule has 2 aromatic heterocycles. The van der Waals surface area contributed by atoms with Crippen LogP contribution in [-0.2, 0) is 18.4 Å². The molecule has 0 fully saturated rings. The highest BCUT2D eigenvalue weighted by Gasteiger charge is 2.35. The Bertz CT molecular complexity index is 1210. The Balaban J connectivity index is 1.65. The molecule has 0 saturated carbocycles. The van der Waals surface area contributed by atoms with E-state index in [4.69, 9.17) is 11.0 Å². The molecule has 7 heteroatoms. The number of nitriles is 1. The quantitative estimate of drug-likeness (QED) is 0.679. The second-order valence-electron chi connectivity index (χ2n) is 7.40. The third-order valence-electron chi connectivity index (χ3n) is 5.20. The van der Waals surface area contributed by atoms with Crippen LogP contribution in [0.15, 0.2) is 59.9 Å². The molecule has 1 aliphatic rings. The highest BCUT2D eigenvalue weighted by atomic mass is 19.1. The van der Waals surface area contributed by atoms with Crippen LogP contribution < -0.4 is 5.73 Å². The number of carbonyl (C=O) groups excluding carboxylic acids is 1. The van der Waals surface area contributed by atoms with Crippen molar-refractivity contribution in [2.75, 3.05) is 0 Å². The summed E-state index contributed by atoms with van der Waals surface area (Å²) in [5.41, 5.74) is 8.36. The van der Waals surface area contributed by atoms with Crippen LogP contribution >= 0.6 is 0 Å². The van der Waals surface area contributed by atoms with Crippen LogP contribution in [0.2, 0.25) is 0 Å². The number of pyridine rings is 2. The maximum absolute atomic E-state index is 14.8. The van der Waals surface area contributed by atoms with Gasteiger partial charge in [0.2, 0.25) is 0 Å². The van der Waals surface area contributed by atoms with Gasteiger partial charge in [0, 0.05) is 36.4 Å². The number of fused-ring (bicyclic) bond motifs is 1. The van der Waals surface area contributed by atoms with E-state index < -0.39 is 11.4 Å². The van der Waals surface area contributed by atoms with Gasteiger partial charge in [-0.3, -0.25) is 19.8 Å². The summed E-state index contributed by atoms with van der Waals surface area (Å²) in [5, 5.41) is 8.85. The number of hydrogen-bond acceptors (Lipinski definition) is 6. The summed E-state index contributed by atoms with van der Waals surface area (Å²) >= 11 is 0. The summed E-state index contributed by atoms with van der Waals surface area (Å²) < 4.78 is 14.8. The van der Waals surface area contributed by atoms with E-state index in [1.807, 2.05) is 19.1 Å². The van der Waals surface area contributed by atoms with Crippen molar-refractivity contribution in [3.63, 3.8) is 0 Å². The van der Waals surface area contributed by atoms with Crippen LogP contribution in [0.5, 0.6) is 0 Å². The summed E-state index contributed by atoms with van der Waals surface area (Å²) in [5.74, 6) is -0.323. The van der Waals surface area contributed by atoms with E-state index in [1.54, 1.807) is 30.5 Å². The molecule has 1 atom stereocenters. The van der Waals surface area contributed by atoms with E-state index in [9.17, 15) is 9.18 Å². The number of aromatic nitrogens is 2. The Morgan fingerprint density at radius 2 is 2.10 bits per heavy atom. The maximum Gasteiger partial charge on any atom is 0.185 e. The van der Waals surface area contributed by atoms with Gasteiger partial charge in [0.05, 0.1) is 16.8 Å². The molecule has 0 amide bonds. The SMILES string of the molecule is CC1(c2cc(CC(=O)c3ccc(C#N)cn3)ccc2F)Cc2ncccc2C(N)=N1. The van der Waals surface area contributed by atoms with Gasteiger partial charge in [-0.15, -0.1) is 0 Å². The fourth-order valence-corrected chi connectivity index (χ4v) is 3.66. The van der Waals surface area contributed by atoms with Crippen molar-refractivity contribution in [1.29, 1.82) is 5.26 Å². The zero-order chi connectivity index (χ0) is 21.3. The minimum Gasteiger partial charge on any atom is -0.383 e. The molecular formula is C23H18FN5O. The Morgan fingerprint density at radius 3 is 2.83 bits per heavy atom. The van der Waals surface area contributed by atoms with Crippen molar-refractivity contribution in [2.45, 2.75) is 25.3 Å². The number of nitrogens with zero attached hydrogens (tertiary/aromatic N) is 4. The first kappa shape index (κ1) is 19.4. The molecule has 0 radical (unpaired) electrons. The molecule has 6 nitrogen and oxygen atoms in total. The third-order valence-corrected chi connectivity index (χ3v) is 5.20. The lowest BCUT2D eigenvalue weighted by molar-refractivity contribution is 0.0988. The van der Waals surface area contributed by atoms with Crippen molar-refractivity contribution < 1.29 is 9.18 Å². The molecule has 30 heavy (non-hydrogen) atoms. The molecule has 1 aromatic carbocycles. The van der Waals surface area contributed by atoms with Gasteiger partial charge in [0.25, 0.3) is 0 Å². The second-order valence-corrected chi connectivity index (χ2v) is 7.40. The molecule has 1 aliphatic heterocycles. The van der Waals surface area contributed by atoms with Gasteiger partial charge in [-0.25, -0.2) is 4.39 Å². The molecule has 0 spiro atoms. The van der Waals surface area contributed by atoms with Gasteiger partial charge < -0.3 is 5.73 Å². The highest BCUT2D eigenvalue weighted by Crippen LogP contribution is 2.36. The standard InChI is InChI=1S/C23H18FN5O/c1-23(11-20-16(22(26)29-23)3-2-8-27-20)17-9-14(4-6-18(17)24)10-21(30)19-7-5-15(12-25)13-28-19/h2-9,13H,10-11H2,1H3,(H2,26,29). The Morgan fingerprint density at radius 1 is 1.27 bits per heavy atom. The fraction of sp³-hybridized carbons (Fsp3) is 0.174. The molecule has 3 aromatic rings. The Hall–Kier alpha value is -3.92. The second kappa shape index (κ2) is 7.48. The average Bonchev–Trinajstić information content (AvgIpc) is 2.75. The fourth-order valence-electron chi connectivity index (χ4n) is 3.66. The van der Waals surface area contributed by atoms with Crippen molar-refractivity contribution >= 4 is 11.6 Å². The van der Waals surface area contributed by atoms with Crippen LogP contribution in [0.4, 0.5) is 4.39 Å². The van der Waals surface area contributed by atoms with Gasteiger partial charge >= 0.3 is 0 Å². The molecule has 2 N–H and O–H groups in total. The van der Waals surface area contributed by atoms with Crippen LogP contribution in [0, 0.1) is 17.1 Å². The predicted molar refractivity (Wildman–Crippen MR) is 109 cm³/mol. The number of benzene rings is 1. The number of ketones is 1. The molecular weight excluding hydrogens is 381 g/mol. The van der Waals surface area contributed by atoms with Crippen molar-refractivity contribution in [3.8, 4) is 6.07 Å². The topological polar surface area (TPSA) is 105 Å². The number of amidine groups is 1. The number of aliphatic imine (C=N–C) groups is 1. The molecule has 0 saturated heterocycles. The van der Waals surface area contributed by atoms with Gasteiger partial charge in [-0.2, -0.15) is 5.26 Å². The number of carbonyl (C=O) groups is 1. The summed E-state index contributed by atoms with van der Waals surface area (Å²) in [7, 11) is 0. The molecule has 0 bridgehead atoms. The normalized spacial score (nSPS) is 17.6. The van der Waals surface area contributed by atoms with E-state index in [2.05, 4.69) is 15.0 Å². The monoisotopic (exact) mass is 399 g/mol. The van der Waals surface area contributed by atoms with Crippen LogP contribution in [-0.4, -0.2) is 21.6 Å². The smallest absolute Gasteiger partial charge is 0.185 e. The minimum absolute atomic E-state index is 0.0519. The van der Waals surface area contributed by atoms with E-state index in [0.717, 1.165) is 11.3 Å². The molecule has 148 valence electrons. The molecule has 1 unspecified atom stereocenters. The zero-order valence-corrected chi connectivity index (χ0v) is 16.3. The number of rotatable bonds is 4. The maximum atomic E-state index is 14.8. The van der Waals surface area contributed by atoms with E-state index >= 15 is 0 Å².